The van der Waals surface area contributed by atoms with Gasteiger partial charge in [-0.25, -0.2) is 4.79 Å². The molecule has 102 valence electrons. The molecule has 1 aromatic rings. The van der Waals surface area contributed by atoms with Crippen LogP contribution in [0.4, 0.5) is 0 Å². The fourth-order valence-electron chi connectivity index (χ4n) is 1.80. The number of benzene rings is 1. The number of hydrogen-bond acceptors (Lipinski definition) is 3. The van der Waals surface area contributed by atoms with Gasteiger partial charge in [-0.3, -0.25) is 4.79 Å². The lowest BCUT2D eigenvalue weighted by Crippen LogP contribution is -2.15. The van der Waals surface area contributed by atoms with Crippen molar-refractivity contribution in [2.75, 3.05) is 0 Å². The number of carboxylic acid groups (broad SMARTS) is 1. The zero-order valence-electron chi connectivity index (χ0n) is 11.0. The first kappa shape index (κ1) is 13.8. The number of allylic oxidation sites excluding steroid dienone is 4. The predicted octanol–water partition coefficient (Wildman–Crippen LogP) is 2.80. The van der Waals surface area contributed by atoms with E-state index < -0.39 is 11.8 Å². The van der Waals surface area contributed by atoms with E-state index in [1.165, 1.54) is 12.2 Å². The monoisotopic (exact) mass is 270 g/mol. The average molecular weight is 270 g/mol. The van der Waals surface area contributed by atoms with Crippen LogP contribution in [0, 0.1) is 6.92 Å². The Bertz CT molecular complexity index is 636. The third kappa shape index (κ3) is 3.23. The van der Waals surface area contributed by atoms with E-state index in [-0.39, 0.29) is 5.57 Å². The van der Waals surface area contributed by atoms with Crippen LogP contribution in [0.3, 0.4) is 0 Å². The van der Waals surface area contributed by atoms with Crippen molar-refractivity contribution >= 4 is 11.8 Å². The molecular formula is C16H14O4. The highest BCUT2D eigenvalue weighted by Crippen LogP contribution is 2.20. The second-order valence-corrected chi connectivity index (χ2v) is 4.42. The van der Waals surface area contributed by atoms with Crippen LogP contribution in [0.5, 0.6) is 5.75 Å². The van der Waals surface area contributed by atoms with Crippen LogP contribution in [0.25, 0.3) is 0 Å². The summed E-state index contributed by atoms with van der Waals surface area (Å²) in [5.74, 6) is -1.64. The summed E-state index contributed by atoms with van der Waals surface area (Å²) in [6, 6.07) is 7.57. The lowest BCUT2D eigenvalue weighted by Gasteiger charge is -2.09. The fraction of sp³-hybridized carbons (Fsp3) is 0.125. The number of carboxylic acids is 1. The molecule has 1 N–H and O–H groups in total. The molecule has 0 amide bonds. The molecule has 0 aromatic heterocycles. The maximum atomic E-state index is 11.4. The largest absolute Gasteiger partial charge is 0.475 e. The second-order valence-electron chi connectivity index (χ2n) is 4.42. The molecule has 0 spiro atoms. The number of Topliss-reactive ketones (excluding diaryl/α,β-unsaturated/α-hetero) is 1. The van der Waals surface area contributed by atoms with E-state index in [0.29, 0.717) is 6.42 Å². The van der Waals surface area contributed by atoms with Crippen molar-refractivity contribution in [1.82, 2.24) is 0 Å². The normalized spacial score (nSPS) is 15.8. The first-order valence-electron chi connectivity index (χ1n) is 6.15. The number of rotatable bonds is 4. The van der Waals surface area contributed by atoms with Gasteiger partial charge in [0, 0.05) is 5.57 Å². The summed E-state index contributed by atoms with van der Waals surface area (Å²) in [6.45, 7) is 1.93. The Kier molecular flexibility index (Phi) is 4.15. The smallest absolute Gasteiger partial charge is 0.377 e. The molecule has 0 saturated carbocycles. The van der Waals surface area contributed by atoms with Crippen molar-refractivity contribution < 1.29 is 19.4 Å². The standard InChI is InChI=1S/C16H14O4/c1-11-5-2-3-8-14(11)20-10-12-6-4-7-13(9-12)15(17)16(18)19/h2-5,7-10H,6H2,1H3,(H,18,19). The molecule has 0 bridgehead atoms. The van der Waals surface area contributed by atoms with Crippen LogP contribution >= 0.6 is 0 Å². The molecule has 0 heterocycles. The maximum absolute atomic E-state index is 11.4. The van der Waals surface area contributed by atoms with Gasteiger partial charge in [-0.2, -0.15) is 0 Å². The lowest BCUT2D eigenvalue weighted by atomic mass is 10.00. The molecule has 1 aliphatic carbocycles. The van der Waals surface area contributed by atoms with Gasteiger partial charge in [-0.1, -0.05) is 30.4 Å². The topological polar surface area (TPSA) is 63.6 Å². The number of aliphatic carboxylic acids is 1. The zero-order valence-corrected chi connectivity index (χ0v) is 11.0. The zero-order chi connectivity index (χ0) is 14.5. The Hall–Kier alpha value is -2.62. The predicted molar refractivity (Wildman–Crippen MR) is 74.4 cm³/mol. The molecule has 1 aliphatic rings. The quantitative estimate of drug-likeness (QED) is 0.675. The van der Waals surface area contributed by atoms with E-state index in [2.05, 4.69) is 0 Å². The maximum Gasteiger partial charge on any atom is 0.377 e. The van der Waals surface area contributed by atoms with E-state index >= 15 is 0 Å². The number of para-hydroxylation sites is 1. The summed E-state index contributed by atoms with van der Waals surface area (Å²) in [5.41, 5.74) is 1.91. The van der Waals surface area contributed by atoms with E-state index in [0.717, 1.165) is 16.9 Å². The van der Waals surface area contributed by atoms with E-state index in [4.69, 9.17) is 9.84 Å². The van der Waals surface area contributed by atoms with Crippen LogP contribution in [-0.2, 0) is 9.59 Å². The third-order valence-corrected chi connectivity index (χ3v) is 2.88. The van der Waals surface area contributed by atoms with Crippen LogP contribution in [0.2, 0.25) is 0 Å². The molecule has 4 heteroatoms. The van der Waals surface area contributed by atoms with Crippen molar-refractivity contribution in [2.45, 2.75) is 13.3 Å². The highest BCUT2D eigenvalue weighted by molar-refractivity contribution is 6.40. The van der Waals surface area contributed by atoms with Gasteiger partial charge in [-0.15, -0.1) is 0 Å². The summed E-state index contributed by atoms with van der Waals surface area (Å²) >= 11 is 0. The van der Waals surface area contributed by atoms with Crippen LogP contribution in [0.15, 0.2) is 59.9 Å². The van der Waals surface area contributed by atoms with Gasteiger partial charge in [0.05, 0.1) is 6.26 Å². The Balaban J connectivity index is 2.16. The van der Waals surface area contributed by atoms with E-state index in [1.54, 1.807) is 12.3 Å². The molecule has 0 atom stereocenters. The molecule has 0 saturated heterocycles. The number of carbonyl (C=O) groups is 2. The molecule has 4 nitrogen and oxygen atoms in total. The fourth-order valence-corrected chi connectivity index (χ4v) is 1.80. The highest BCUT2D eigenvalue weighted by Gasteiger charge is 2.17. The molecular weight excluding hydrogens is 256 g/mol. The second kappa shape index (κ2) is 6.02. The average Bonchev–Trinajstić information content (AvgIpc) is 2.46. The van der Waals surface area contributed by atoms with Gasteiger partial charge < -0.3 is 9.84 Å². The number of aryl methyl sites for hydroxylation is 1. The molecule has 0 aliphatic heterocycles. The van der Waals surface area contributed by atoms with Gasteiger partial charge in [0.15, 0.2) is 0 Å². The molecule has 0 radical (unpaired) electrons. The van der Waals surface area contributed by atoms with E-state index in [1.807, 2.05) is 31.2 Å². The molecule has 0 fully saturated rings. The van der Waals surface area contributed by atoms with Crippen molar-refractivity contribution in [3.05, 3.63) is 65.5 Å². The molecule has 1 aromatic carbocycles. The third-order valence-electron chi connectivity index (χ3n) is 2.88. The number of carbonyl (C=O) groups excluding carboxylic acids is 1. The Labute approximate surface area is 116 Å². The van der Waals surface area contributed by atoms with Crippen molar-refractivity contribution in [2.24, 2.45) is 0 Å². The Morgan fingerprint density at radius 2 is 2.05 bits per heavy atom. The van der Waals surface area contributed by atoms with Gasteiger partial charge in [0.2, 0.25) is 0 Å². The first-order chi connectivity index (χ1) is 9.58. The van der Waals surface area contributed by atoms with Crippen LogP contribution in [-0.4, -0.2) is 16.9 Å². The minimum absolute atomic E-state index is 0.156. The van der Waals surface area contributed by atoms with Crippen molar-refractivity contribution in [3.63, 3.8) is 0 Å². The summed E-state index contributed by atoms with van der Waals surface area (Å²) < 4.78 is 5.57. The van der Waals surface area contributed by atoms with Gasteiger partial charge >= 0.3 is 5.97 Å². The number of ether oxygens (including phenoxy) is 1. The molecule has 0 unspecified atom stereocenters. The van der Waals surface area contributed by atoms with Gasteiger partial charge in [-0.05, 0) is 36.6 Å². The Morgan fingerprint density at radius 1 is 1.30 bits per heavy atom. The first-order valence-corrected chi connectivity index (χ1v) is 6.15. The SMILES string of the molecule is Cc1ccccc1OC=C1C=C(C(=O)C(=O)O)C=CC1. The van der Waals surface area contributed by atoms with Crippen molar-refractivity contribution in [3.8, 4) is 5.75 Å². The van der Waals surface area contributed by atoms with Crippen LogP contribution in [0.1, 0.15) is 12.0 Å². The van der Waals surface area contributed by atoms with Crippen molar-refractivity contribution in [1.29, 1.82) is 0 Å². The number of ketones is 1. The summed E-state index contributed by atoms with van der Waals surface area (Å²) in [4.78, 5) is 22.0. The number of hydrogen-bond donors (Lipinski definition) is 1. The van der Waals surface area contributed by atoms with Crippen LogP contribution < -0.4 is 4.74 Å². The van der Waals surface area contributed by atoms with Gasteiger partial charge in [0.1, 0.15) is 5.75 Å². The molecule has 20 heavy (non-hydrogen) atoms. The summed E-state index contributed by atoms with van der Waals surface area (Å²) in [7, 11) is 0. The summed E-state index contributed by atoms with van der Waals surface area (Å²) in [6.07, 6.45) is 6.93. The lowest BCUT2D eigenvalue weighted by molar-refractivity contribution is -0.147. The minimum atomic E-state index is -1.46. The highest BCUT2D eigenvalue weighted by atomic mass is 16.5. The molecule has 2 rings (SSSR count). The Morgan fingerprint density at radius 3 is 2.75 bits per heavy atom. The van der Waals surface area contributed by atoms with Gasteiger partial charge in [0.25, 0.3) is 5.78 Å². The van der Waals surface area contributed by atoms with E-state index in [9.17, 15) is 9.59 Å². The summed E-state index contributed by atoms with van der Waals surface area (Å²) in [5, 5.41) is 8.69. The minimum Gasteiger partial charge on any atom is -0.475 e.